The molecule has 0 spiro atoms. The van der Waals surface area contributed by atoms with E-state index in [2.05, 4.69) is 4.74 Å². The molecule has 0 heterocycles. The molecule has 0 aliphatic rings. The Balaban J connectivity index is 3.74. The molecule has 52 valence electrons. The van der Waals surface area contributed by atoms with Crippen LogP contribution in [0.5, 0.6) is 0 Å². The Hall–Kier alpha value is -0.990. The summed E-state index contributed by atoms with van der Waals surface area (Å²) in [5, 5.41) is 0. The fourth-order valence-electron chi connectivity index (χ4n) is 0.332. The average molecular weight is 129 g/mol. The lowest BCUT2D eigenvalue weighted by atomic mass is 10.4. The highest BCUT2D eigenvalue weighted by molar-refractivity contribution is 5.87. The molecule has 0 amide bonds. The molecular weight excluding hydrogens is 118 g/mol. The van der Waals surface area contributed by atoms with Crippen LogP contribution < -0.4 is 5.73 Å². The van der Waals surface area contributed by atoms with Gasteiger partial charge in [-0.15, -0.1) is 0 Å². The van der Waals surface area contributed by atoms with Gasteiger partial charge in [0.2, 0.25) is 0 Å². The van der Waals surface area contributed by atoms with Gasteiger partial charge < -0.3 is 10.5 Å². The number of hydrogen-bond acceptors (Lipinski definition) is 3. The molecule has 0 aliphatic carbocycles. The van der Waals surface area contributed by atoms with Crippen molar-refractivity contribution in [1.82, 2.24) is 0 Å². The van der Waals surface area contributed by atoms with Crippen LogP contribution in [0, 0.1) is 0 Å². The second kappa shape index (κ2) is 3.95. The number of nitrogens with two attached hydrogens (primary N) is 1. The number of allylic oxidation sites excluding steroid dienone is 1. The maximum Gasteiger partial charge on any atom is 0.353 e. The molecule has 0 saturated carbocycles. The Morgan fingerprint density at radius 2 is 2.33 bits per heavy atom. The van der Waals surface area contributed by atoms with Crippen LogP contribution in [-0.2, 0) is 9.53 Å². The van der Waals surface area contributed by atoms with E-state index < -0.39 is 5.97 Å². The molecule has 0 aliphatic heterocycles. The van der Waals surface area contributed by atoms with Crippen molar-refractivity contribution >= 4 is 5.97 Å². The summed E-state index contributed by atoms with van der Waals surface area (Å²) in [6.45, 7) is 3.79. The van der Waals surface area contributed by atoms with E-state index in [9.17, 15) is 4.79 Å². The van der Waals surface area contributed by atoms with Crippen LogP contribution in [0.4, 0.5) is 0 Å². The minimum Gasteiger partial charge on any atom is -0.461 e. The van der Waals surface area contributed by atoms with Crippen molar-refractivity contribution in [3.05, 3.63) is 11.8 Å². The van der Waals surface area contributed by atoms with E-state index in [1.165, 1.54) is 6.08 Å². The first-order valence-corrected chi connectivity index (χ1v) is 2.81. The molecule has 0 bridgehead atoms. The first-order chi connectivity index (χ1) is 4.22. The molecule has 0 atom stereocenters. The van der Waals surface area contributed by atoms with Crippen molar-refractivity contribution < 1.29 is 9.53 Å². The van der Waals surface area contributed by atoms with Gasteiger partial charge in [0, 0.05) is 0 Å². The first-order valence-electron chi connectivity index (χ1n) is 2.81. The Morgan fingerprint density at radius 3 is 2.67 bits per heavy atom. The first kappa shape index (κ1) is 8.01. The van der Waals surface area contributed by atoms with Crippen LogP contribution in [-0.4, -0.2) is 12.6 Å². The smallest absolute Gasteiger partial charge is 0.353 e. The SMILES string of the molecule is CC=C(N)C(=O)OCC. The van der Waals surface area contributed by atoms with Gasteiger partial charge in [-0.25, -0.2) is 4.79 Å². The fraction of sp³-hybridized carbons (Fsp3) is 0.500. The minimum atomic E-state index is -0.444. The van der Waals surface area contributed by atoms with Crippen LogP contribution in [0.2, 0.25) is 0 Å². The molecule has 0 aromatic heterocycles. The normalized spacial score (nSPS) is 11.1. The highest BCUT2D eigenvalue weighted by atomic mass is 16.5. The number of carbonyl (C=O) groups excluding carboxylic acids is 1. The quantitative estimate of drug-likeness (QED) is 0.434. The molecular formula is C6H11NO2. The van der Waals surface area contributed by atoms with Gasteiger partial charge in [-0.2, -0.15) is 0 Å². The third-order valence-electron chi connectivity index (χ3n) is 0.822. The highest BCUT2D eigenvalue weighted by Crippen LogP contribution is 1.87. The maximum atomic E-state index is 10.6. The molecule has 3 heteroatoms. The zero-order valence-corrected chi connectivity index (χ0v) is 5.68. The molecule has 0 rings (SSSR count). The van der Waals surface area contributed by atoms with Crippen molar-refractivity contribution in [3.63, 3.8) is 0 Å². The van der Waals surface area contributed by atoms with Crippen LogP contribution >= 0.6 is 0 Å². The number of ether oxygens (including phenoxy) is 1. The monoisotopic (exact) mass is 129 g/mol. The lowest BCUT2D eigenvalue weighted by Gasteiger charge is -1.98. The van der Waals surface area contributed by atoms with E-state index in [0.29, 0.717) is 6.61 Å². The lowest BCUT2D eigenvalue weighted by Crippen LogP contribution is -2.13. The van der Waals surface area contributed by atoms with Gasteiger partial charge in [0.25, 0.3) is 0 Å². The molecule has 0 radical (unpaired) electrons. The Bertz CT molecular complexity index is 129. The van der Waals surface area contributed by atoms with E-state index in [1.54, 1.807) is 13.8 Å². The zero-order chi connectivity index (χ0) is 7.28. The molecule has 9 heavy (non-hydrogen) atoms. The molecule has 0 aromatic carbocycles. The van der Waals surface area contributed by atoms with Gasteiger partial charge in [-0.3, -0.25) is 0 Å². The van der Waals surface area contributed by atoms with Gasteiger partial charge in [0.1, 0.15) is 5.70 Å². The minimum absolute atomic E-state index is 0.164. The number of rotatable bonds is 2. The van der Waals surface area contributed by atoms with Gasteiger partial charge in [0.15, 0.2) is 0 Å². The summed E-state index contributed by atoms with van der Waals surface area (Å²) < 4.78 is 4.56. The third-order valence-corrected chi connectivity index (χ3v) is 0.822. The van der Waals surface area contributed by atoms with Crippen molar-refractivity contribution in [2.75, 3.05) is 6.61 Å². The Labute approximate surface area is 54.5 Å². The summed E-state index contributed by atoms with van der Waals surface area (Å²) in [4.78, 5) is 10.6. The third kappa shape index (κ3) is 2.74. The summed E-state index contributed by atoms with van der Waals surface area (Å²) in [7, 11) is 0. The number of carbonyl (C=O) groups is 1. The molecule has 0 fully saturated rings. The second-order valence-electron chi connectivity index (χ2n) is 1.46. The van der Waals surface area contributed by atoms with Crippen molar-refractivity contribution in [2.45, 2.75) is 13.8 Å². The summed E-state index contributed by atoms with van der Waals surface area (Å²) in [5.74, 6) is -0.444. The summed E-state index contributed by atoms with van der Waals surface area (Å²) in [6, 6.07) is 0. The maximum absolute atomic E-state index is 10.6. The molecule has 0 unspecified atom stereocenters. The second-order valence-corrected chi connectivity index (χ2v) is 1.46. The van der Waals surface area contributed by atoms with Crippen LogP contribution in [0.1, 0.15) is 13.8 Å². The highest BCUT2D eigenvalue weighted by Gasteiger charge is 2.01. The van der Waals surface area contributed by atoms with Crippen LogP contribution in [0.25, 0.3) is 0 Å². The van der Waals surface area contributed by atoms with E-state index >= 15 is 0 Å². The van der Waals surface area contributed by atoms with Gasteiger partial charge in [0.05, 0.1) is 6.61 Å². The van der Waals surface area contributed by atoms with Crippen molar-refractivity contribution in [2.24, 2.45) is 5.73 Å². The summed E-state index contributed by atoms with van der Waals surface area (Å²) in [5.41, 5.74) is 5.35. The van der Waals surface area contributed by atoms with Crippen LogP contribution in [0.3, 0.4) is 0 Å². The summed E-state index contributed by atoms with van der Waals surface area (Å²) >= 11 is 0. The van der Waals surface area contributed by atoms with E-state index in [0.717, 1.165) is 0 Å². The van der Waals surface area contributed by atoms with Crippen molar-refractivity contribution in [1.29, 1.82) is 0 Å². The predicted molar refractivity (Wildman–Crippen MR) is 34.6 cm³/mol. The molecule has 0 saturated heterocycles. The molecule has 2 N–H and O–H groups in total. The average Bonchev–Trinajstić information content (AvgIpc) is 1.87. The topological polar surface area (TPSA) is 52.3 Å². The largest absolute Gasteiger partial charge is 0.461 e. The van der Waals surface area contributed by atoms with Crippen LogP contribution in [0.15, 0.2) is 11.8 Å². The Morgan fingerprint density at radius 1 is 1.78 bits per heavy atom. The fourth-order valence-corrected chi connectivity index (χ4v) is 0.332. The van der Waals surface area contributed by atoms with E-state index in [1.807, 2.05) is 0 Å². The standard InChI is InChI=1S/C6H11NO2/c1-3-5(7)6(8)9-4-2/h3H,4,7H2,1-2H3. The number of hydrogen-bond donors (Lipinski definition) is 1. The molecule has 0 aromatic rings. The molecule has 3 nitrogen and oxygen atoms in total. The Kier molecular flexibility index (Phi) is 3.51. The lowest BCUT2D eigenvalue weighted by molar-refractivity contribution is -0.138. The number of esters is 1. The van der Waals surface area contributed by atoms with Gasteiger partial charge in [-0.1, -0.05) is 6.08 Å². The summed E-state index contributed by atoms with van der Waals surface area (Å²) in [6.07, 6.45) is 1.51. The van der Waals surface area contributed by atoms with E-state index in [-0.39, 0.29) is 5.70 Å². The predicted octanol–water partition coefficient (Wildman–Crippen LogP) is 0.412. The van der Waals surface area contributed by atoms with Gasteiger partial charge in [-0.05, 0) is 13.8 Å². The van der Waals surface area contributed by atoms with Gasteiger partial charge >= 0.3 is 5.97 Å². The zero-order valence-electron chi connectivity index (χ0n) is 5.68. The van der Waals surface area contributed by atoms with E-state index in [4.69, 9.17) is 5.73 Å². The van der Waals surface area contributed by atoms with Crippen molar-refractivity contribution in [3.8, 4) is 0 Å².